The summed E-state index contributed by atoms with van der Waals surface area (Å²) in [6.45, 7) is 1.76. The number of carboxylic acids is 1. The lowest BCUT2D eigenvalue weighted by Gasteiger charge is -2.32. The van der Waals surface area contributed by atoms with Gasteiger partial charge in [-0.1, -0.05) is 0 Å². The molecule has 0 bridgehead atoms. The largest absolute Gasteiger partial charge is 0.478 e. The Balaban J connectivity index is 2.11. The molecule has 3 N–H and O–H groups in total. The van der Waals surface area contributed by atoms with Gasteiger partial charge in [0.05, 0.1) is 11.7 Å². The zero-order chi connectivity index (χ0) is 11.7. The van der Waals surface area contributed by atoms with Crippen molar-refractivity contribution in [3.05, 3.63) is 23.4 Å². The van der Waals surface area contributed by atoms with Crippen LogP contribution in [-0.2, 0) is 0 Å². The molecular weight excluding hydrogens is 208 g/mol. The highest BCUT2D eigenvalue weighted by Crippen LogP contribution is 2.23. The number of aromatic nitrogens is 1. The second-order valence-corrected chi connectivity index (χ2v) is 4.15. The summed E-state index contributed by atoms with van der Waals surface area (Å²) in [5.74, 6) is -0.392. The number of aliphatic hydroxyl groups is 1. The van der Waals surface area contributed by atoms with Crippen molar-refractivity contribution in [3.8, 4) is 0 Å². The summed E-state index contributed by atoms with van der Waals surface area (Å²) in [6, 6.07) is 3.24. The average molecular weight is 222 g/mol. The predicted octanol–water partition coefficient (Wildman–Crippen LogP) is 1.02. The number of aryl methyl sites for hydroxylation is 1. The first kappa shape index (κ1) is 10.9. The Hall–Kier alpha value is -1.62. The van der Waals surface area contributed by atoms with Gasteiger partial charge in [-0.05, 0) is 31.9 Å². The number of hydrogen-bond donors (Lipinski definition) is 3. The number of nitrogens with one attached hydrogen (secondary N) is 1. The van der Waals surface area contributed by atoms with Crippen LogP contribution in [0.15, 0.2) is 12.1 Å². The fraction of sp³-hybridized carbons (Fsp3) is 0.455. The number of carbonyl (C=O) groups is 1. The van der Waals surface area contributed by atoms with E-state index in [-0.39, 0.29) is 17.7 Å². The van der Waals surface area contributed by atoms with Crippen LogP contribution in [0.4, 0.5) is 5.82 Å². The smallest absolute Gasteiger partial charge is 0.335 e. The molecule has 0 amide bonds. The molecule has 1 aliphatic rings. The van der Waals surface area contributed by atoms with Gasteiger partial charge in [-0.25, -0.2) is 9.78 Å². The van der Waals surface area contributed by atoms with Gasteiger partial charge in [-0.3, -0.25) is 0 Å². The molecule has 0 saturated heterocycles. The molecule has 1 saturated carbocycles. The first-order valence-electron chi connectivity index (χ1n) is 5.21. The molecular formula is C11H14N2O3. The van der Waals surface area contributed by atoms with Crippen molar-refractivity contribution in [3.63, 3.8) is 0 Å². The zero-order valence-corrected chi connectivity index (χ0v) is 8.97. The van der Waals surface area contributed by atoms with Crippen molar-refractivity contribution in [2.45, 2.75) is 31.9 Å². The van der Waals surface area contributed by atoms with Crippen molar-refractivity contribution >= 4 is 11.8 Å². The summed E-state index contributed by atoms with van der Waals surface area (Å²) >= 11 is 0. The number of carboxylic acid groups (broad SMARTS) is 1. The highest BCUT2D eigenvalue weighted by molar-refractivity contribution is 5.88. The molecule has 0 aliphatic heterocycles. The molecule has 1 heterocycles. The van der Waals surface area contributed by atoms with Crippen LogP contribution in [0, 0.1) is 6.92 Å². The Bertz CT molecular complexity index is 414. The van der Waals surface area contributed by atoms with Gasteiger partial charge in [-0.2, -0.15) is 0 Å². The van der Waals surface area contributed by atoms with E-state index in [9.17, 15) is 4.79 Å². The van der Waals surface area contributed by atoms with Crippen molar-refractivity contribution < 1.29 is 15.0 Å². The Morgan fingerprint density at radius 3 is 2.75 bits per heavy atom. The Kier molecular flexibility index (Phi) is 2.78. The van der Waals surface area contributed by atoms with Crippen molar-refractivity contribution in [1.82, 2.24) is 4.98 Å². The zero-order valence-electron chi connectivity index (χ0n) is 8.97. The second-order valence-electron chi connectivity index (χ2n) is 4.15. The molecule has 0 aromatic carbocycles. The van der Waals surface area contributed by atoms with Crippen molar-refractivity contribution in [2.24, 2.45) is 0 Å². The highest BCUT2D eigenvalue weighted by atomic mass is 16.4. The lowest BCUT2D eigenvalue weighted by Crippen LogP contribution is -2.39. The first-order chi connectivity index (χ1) is 7.54. The third kappa shape index (κ3) is 2.30. The summed E-state index contributed by atoms with van der Waals surface area (Å²) in [5.41, 5.74) is 0.900. The van der Waals surface area contributed by atoms with Crippen LogP contribution < -0.4 is 5.32 Å². The molecule has 5 heteroatoms. The number of aromatic carboxylic acids is 1. The molecule has 5 nitrogen and oxygen atoms in total. The number of rotatable bonds is 3. The normalized spacial score (nSPS) is 23.6. The minimum atomic E-state index is -0.956. The summed E-state index contributed by atoms with van der Waals surface area (Å²) < 4.78 is 0. The van der Waals surface area contributed by atoms with E-state index in [0.29, 0.717) is 24.4 Å². The van der Waals surface area contributed by atoms with E-state index in [1.54, 1.807) is 6.92 Å². The molecule has 0 radical (unpaired) electrons. The van der Waals surface area contributed by atoms with Gasteiger partial charge in [0.1, 0.15) is 5.82 Å². The standard InChI is InChI=1S/C11H14N2O3/c1-6-2-7(11(15)16)3-10(12-6)13-8-4-9(14)5-8/h2-3,8-9,14H,4-5H2,1H3,(H,12,13)(H,15,16). The predicted molar refractivity (Wildman–Crippen MR) is 58.6 cm³/mol. The van der Waals surface area contributed by atoms with Crippen LogP contribution in [0.5, 0.6) is 0 Å². The Labute approximate surface area is 93.1 Å². The molecule has 1 aromatic heterocycles. The lowest BCUT2D eigenvalue weighted by atomic mass is 9.89. The Morgan fingerprint density at radius 1 is 1.50 bits per heavy atom. The van der Waals surface area contributed by atoms with E-state index in [2.05, 4.69) is 10.3 Å². The van der Waals surface area contributed by atoms with Crippen LogP contribution >= 0.6 is 0 Å². The molecule has 0 spiro atoms. The molecule has 16 heavy (non-hydrogen) atoms. The minimum absolute atomic E-state index is 0.200. The monoisotopic (exact) mass is 222 g/mol. The maximum Gasteiger partial charge on any atom is 0.335 e. The number of aliphatic hydroxyl groups excluding tert-OH is 1. The summed E-state index contributed by atoms with van der Waals surface area (Å²) in [6.07, 6.45) is 1.15. The van der Waals surface area contributed by atoms with E-state index >= 15 is 0 Å². The Morgan fingerprint density at radius 2 is 2.19 bits per heavy atom. The third-order valence-electron chi connectivity index (χ3n) is 2.67. The van der Waals surface area contributed by atoms with E-state index < -0.39 is 5.97 Å². The number of nitrogens with zero attached hydrogens (tertiary/aromatic N) is 1. The van der Waals surface area contributed by atoms with Crippen LogP contribution in [0.2, 0.25) is 0 Å². The maximum atomic E-state index is 10.8. The minimum Gasteiger partial charge on any atom is -0.478 e. The van der Waals surface area contributed by atoms with Crippen molar-refractivity contribution in [1.29, 1.82) is 0 Å². The highest BCUT2D eigenvalue weighted by Gasteiger charge is 2.27. The molecule has 86 valence electrons. The lowest BCUT2D eigenvalue weighted by molar-refractivity contribution is 0.0696. The van der Waals surface area contributed by atoms with Gasteiger partial charge in [-0.15, -0.1) is 0 Å². The van der Waals surface area contributed by atoms with Gasteiger partial charge in [0, 0.05) is 11.7 Å². The SMILES string of the molecule is Cc1cc(C(=O)O)cc(NC2CC(O)C2)n1. The maximum absolute atomic E-state index is 10.8. The number of hydrogen-bond acceptors (Lipinski definition) is 4. The fourth-order valence-electron chi connectivity index (χ4n) is 1.78. The van der Waals surface area contributed by atoms with E-state index in [1.165, 1.54) is 12.1 Å². The number of pyridine rings is 1. The summed E-state index contributed by atoms with van der Waals surface area (Å²) in [7, 11) is 0. The van der Waals surface area contributed by atoms with Gasteiger partial charge >= 0.3 is 5.97 Å². The molecule has 1 fully saturated rings. The quantitative estimate of drug-likeness (QED) is 0.711. The van der Waals surface area contributed by atoms with E-state index in [0.717, 1.165) is 0 Å². The average Bonchev–Trinajstić information content (AvgIpc) is 2.14. The fourth-order valence-corrected chi connectivity index (χ4v) is 1.78. The number of anilines is 1. The molecule has 0 atom stereocenters. The van der Waals surface area contributed by atoms with Crippen LogP contribution in [0.25, 0.3) is 0 Å². The first-order valence-corrected chi connectivity index (χ1v) is 5.21. The van der Waals surface area contributed by atoms with Gasteiger partial charge in [0.15, 0.2) is 0 Å². The van der Waals surface area contributed by atoms with Gasteiger partial charge in [0.2, 0.25) is 0 Å². The van der Waals surface area contributed by atoms with Crippen LogP contribution in [-0.4, -0.2) is 33.3 Å². The van der Waals surface area contributed by atoms with Gasteiger partial charge < -0.3 is 15.5 Å². The molecule has 1 aromatic rings. The van der Waals surface area contributed by atoms with E-state index in [1.807, 2.05) is 0 Å². The summed E-state index contributed by atoms with van der Waals surface area (Å²) in [5, 5.41) is 21.1. The van der Waals surface area contributed by atoms with Crippen molar-refractivity contribution in [2.75, 3.05) is 5.32 Å². The van der Waals surface area contributed by atoms with Crippen LogP contribution in [0.3, 0.4) is 0 Å². The summed E-state index contributed by atoms with van der Waals surface area (Å²) in [4.78, 5) is 15.0. The molecule has 0 unspecified atom stereocenters. The second kappa shape index (κ2) is 4.09. The molecule has 1 aliphatic carbocycles. The molecule has 2 rings (SSSR count). The van der Waals surface area contributed by atoms with E-state index in [4.69, 9.17) is 10.2 Å². The van der Waals surface area contributed by atoms with Gasteiger partial charge in [0.25, 0.3) is 0 Å². The topological polar surface area (TPSA) is 82.5 Å². The third-order valence-corrected chi connectivity index (χ3v) is 2.67. The van der Waals surface area contributed by atoms with Crippen LogP contribution in [0.1, 0.15) is 28.9 Å².